The molecular weight excluding hydrogens is 332 g/mol. The lowest BCUT2D eigenvalue weighted by Crippen LogP contribution is -2.16. The van der Waals surface area contributed by atoms with Gasteiger partial charge in [-0.3, -0.25) is 4.79 Å². The number of hydrogen-bond acceptors (Lipinski definition) is 5. The average Bonchev–Trinajstić information content (AvgIpc) is 3.38. The summed E-state index contributed by atoms with van der Waals surface area (Å²) in [5, 5.41) is 7.08. The third-order valence-corrected chi connectivity index (χ3v) is 4.25. The molecule has 2 aromatic heterocycles. The molecule has 2 heterocycles. The maximum absolute atomic E-state index is 12.7. The molecule has 1 aliphatic carbocycles. The maximum atomic E-state index is 12.7. The summed E-state index contributed by atoms with van der Waals surface area (Å²) in [6, 6.07) is 10.2. The van der Waals surface area contributed by atoms with Gasteiger partial charge in [-0.15, -0.1) is 0 Å². The van der Waals surface area contributed by atoms with E-state index in [1.54, 1.807) is 54.0 Å². The molecule has 7 heteroatoms. The van der Waals surface area contributed by atoms with E-state index in [1.165, 1.54) is 0 Å². The van der Waals surface area contributed by atoms with E-state index in [2.05, 4.69) is 15.4 Å². The van der Waals surface area contributed by atoms with E-state index >= 15 is 0 Å². The molecule has 4 rings (SSSR count). The van der Waals surface area contributed by atoms with Gasteiger partial charge >= 0.3 is 5.97 Å². The Kier molecular flexibility index (Phi) is 4.12. The number of benzene rings is 1. The topological polar surface area (TPSA) is 85.6 Å². The zero-order valence-electron chi connectivity index (χ0n) is 14.3. The van der Waals surface area contributed by atoms with Crippen molar-refractivity contribution in [2.45, 2.75) is 25.7 Å². The van der Waals surface area contributed by atoms with Crippen LogP contribution in [0.4, 0.5) is 5.69 Å². The fourth-order valence-electron chi connectivity index (χ4n) is 2.86. The molecule has 0 radical (unpaired) electrons. The zero-order valence-corrected chi connectivity index (χ0v) is 14.3. The fraction of sp³-hybridized carbons (Fsp3) is 0.263. The van der Waals surface area contributed by atoms with Gasteiger partial charge in [0.15, 0.2) is 5.65 Å². The Bertz CT molecular complexity index is 991. The van der Waals surface area contributed by atoms with E-state index in [4.69, 9.17) is 4.74 Å². The SMILES string of the molecule is CCOC(=O)c1cccc(NC(=O)c2cc(C3CC3)n3nccc3n2)c1. The van der Waals surface area contributed by atoms with Crippen LogP contribution in [0.15, 0.2) is 42.6 Å². The van der Waals surface area contributed by atoms with Crippen molar-refractivity contribution < 1.29 is 14.3 Å². The highest BCUT2D eigenvalue weighted by Crippen LogP contribution is 2.40. The number of nitrogens with one attached hydrogen (secondary N) is 1. The number of aromatic nitrogens is 3. The van der Waals surface area contributed by atoms with Crippen molar-refractivity contribution >= 4 is 23.2 Å². The first-order valence-electron chi connectivity index (χ1n) is 8.59. The number of rotatable bonds is 5. The van der Waals surface area contributed by atoms with Crippen LogP contribution < -0.4 is 5.32 Å². The average molecular weight is 350 g/mol. The highest BCUT2D eigenvalue weighted by atomic mass is 16.5. The highest BCUT2D eigenvalue weighted by Gasteiger charge is 2.28. The minimum absolute atomic E-state index is 0.300. The van der Waals surface area contributed by atoms with Crippen LogP contribution in [-0.2, 0) is 4.74 Å². The number of carbonyl (C=O) groups is 2. The number of amides is 1. The molecule has 26 heavy (non-hydrogen) atoms. The van der Waals surface area contributed by atoms with Crippen LogP contribution in [0.1, 0.15) is 52.2 Å². The molecule has 1 N–H and O–H groups in total. The molecule has 0 unspecified atom stereocenters. The van der Waals surface area contributed by atoms with E-state index in [9.17, 15) is 9.59 Å². The van der Waals surface area contributed by atoms with Gasteiger partial charge in [0, 0.05) is 23.4 Å². The third kappa shape index (κ3) is 3.15. The lowest BCUT2D eigenvalue weighted by molar-refractivity contribution is 0.0526. The predicted molar refractivity (Wildman–Crippen MR) is 95.3 cm³/mol. The minimum Gasteiger partial charge on any atom is -0.462 e. The summed E-state index contributed by atoms with van der Waals surface area (Å²) >= 11 is 0. The summed E-state index contributed by atoms with van der Waals surface area (Å²) in [6.07, 6.45) is 3.88. The second-order valence-corrected chi connectivity index (χ2v) is 6.20. The summed E-state index contributed by atoms with van der Waals surface area (Å²) in [4.78, 5) is 28.9. The lowest BCUT2D eigenvalue weighted by atomic mass is 10.2. The largest absolute Gasteiger partial charge is 0.462 e. The zero-order chi connectivity index (χ0) is 18.1. The van der Waals surface area contributed by atoms with Crippen molar-refractivity contribution in [2.24, 2.45) is 0 Å². The van der Waals surface area contributed by atoms with Crippen LogP contribution in [0.3, 0.4) is 0 Å². The minimum atomic E-state index is -0.418. The van der Waals surface area contributed by atoms with Gasteiger partial charge in [0.25, 0.3) is 5.91 Å². The summed E-state index contributed by atoms with van der Waals surface area (Å²) in [7, 11) is 0. The number of hydrogen-bond donors (Lipinski definition) is 1. The van der Waals surface area contributed by atoms with Crippen LogP contribution in [0.2, 0.25) is 0 Å². The number of anilines is 1. The van der Waals surface area contributed by atoms with Gasteiger partial charge in [0.05, 0.1) is 18.4 Å². The number of nitrogens with zero attached hydrogens (tertiary/aromatic N) is 3. The summed E-state index contributed by atoms with van der Waals surface area (Å²) < 4.78 is 6.77. The molecule has 0 spiro atoms. The number of esters is 1. The predicted octanol–water partition coefficient (Wildman–Crippen LogP) is 3.04. The Morgan fingerprint density at radius 2 is 2.12 bits per heavy atom. The van der Waals surface area contributed by atoms with Crippen molar-refractivity contribution in [1.29, 1.82) is 0 Å². The molecule has 1 amide bonds. The number of ether oxygens (including phenoxy) is 1. The first kappa shape index (κ1) is 16.3. The molecule has 3 aromatic rings. The third-order valence-electron chi connectivity index (χ3n) is 4.25. The standard InChI is InChI=1S/C19H18N4O3/c1-2-26-19(25)13-4-3-5-14(10-13)21-18(24)15-11-16(12-6-7-12)23-17(22-15)8-9-20-23/h3-5,8-12H,2,6-7H2,1H3,(H,21,24). The van der Waals surface area contributed by atoms with Crippen molar-refractivity contribution in [3.05, 3.63) is 59.5 Å². The Balaban J connectivity index is 1.60. The Morgan fingerprint density at radius 3 is 2.88 bits per heavy atom. The lowest BCUT2D eigenvalue weighted by Gasteiger charge is -2.09. The molecule has 1 aromatic carbocycles. The smallest absolute Gasteiger partial charge is 0.338 e. The van der Waals surface area contributed by atoms with Crippen molar-refractivity contribution in [1.82, 2.24) is 14.6 Å². The second-order valence-electron chi connectivity index (χ2n) is 6.20. The highest BCUT2D eigenvalue weighted by molar-refractivity contribution is 6.04. The Morgan fingerprint density at radius 1 is 1.27 bits per heavy atom. The summed E-state index contributed by atoms with van der Waals surface area (Å²) in [6.45, 7) is 2.05. The van der Waals surface area contributed by atoms with Crippen LogP contribution in [0.25, 0.3) is 5.65 Å². The summed E-state index contributed by atoms with van der Waals surface area (Å²) in [5.74, 6) is -0.311. The Hall–Kier alpha value is -3.22. The fourth-order valence-corrected chi connectivity index (χ4v) is 2.86. The van der Waals surface area contributed by atoms with Gasteiger partial charge in [-0.05, 0) is 44.0 Å². The molecule has 1 fully saturated rings. The molecule has 1 aliphatic rings. The quantitative estimate of drug-likeness (QED) is 0.715. The normalized spacial score (nSPS) is 13.6. The van der Waals surface area contributed by atoms with E-state index in [0.29, 0.717) is 35.1 Å². The molecule has 132 valence electrons. The van der Waals surface area contributed by atoms with E-state index in [-0.39, 0.29) is 5.91 Å². The number of carbonyl (C=O) groups excluding carboxylic acids is 2. The van der Waals surface area contributed by atoms with Crippen LogP contribution in [0, 0.1) is 0 Å². The molecule has 0 saturated heterocycles. The van der Waals surface area contributed by atoms with Crippen LogP contribution in [-0.4, -0.2) is 33.1 Å². The molecule has 0 aliphatic heterocycles. The number of fused-ring (bicyclic) bond motifs is 1. The molecular formula is C19H18N4O3. The Labute approximate surface area is 150 Å². The molecule has 0 bridgehead atoms. The first-order chi connectivity index (χ1) is 12.7. The second kappa shape index (κ2) is 6.59. The van der Waals surface area contributed by atoms with Crippen LogP contribution >= 0.6 is 0 Å². The van der Waals surface area contributed by atoms with Gasteiger partial charge in [0.1, 0.15) is 5.69 Å². The van der Waals surface area contributed by atoms with Crippen molar-refractivity contribution in [3.8, 4) is 0 Å². The van der Waals surface area contributed by atoms with Crippen molar-refractivity contribution in [2.75, 3.05) is 11.9 Å². The summed E-state index contributed by atoms with van der Waals surface area (Å²) in [5.41, 5.74) is 2.90. The van der Waals surface area contributed by atoms with Crippen LogP contribution in [0.5, 0.6) is 0 Å². The van der Waals surface area contributed by atoms with E-state index in [0.717, 1.165) is 18.5 Å². The maximum Gasteiger partial charge on any atom is 0.338 e. The van der Waals surface area contributed by atoms with Gasteiger partial charge in [-0.2, -0.15) is 5.10 Å². The van der Waals surface area contributed by atoms with E-state index in [1.807, 2.05) is 0 Å². The van der Waals surface area contributed by atoms with E-state index < -0.39 is 5.97 Å². The molecule has 1 saturated carbocycles. The molecule has 0 atom stereocenters. The van der Waals surface area contributed by atoms with Gasteiger partial charge in [-0.25, -0.2) is 14.3 Å². The van der Waals surface area contributed by atoms with Crippen molar-refractivity contribution in [3.63, 3.8) is 0 Å². The van der Waals surface area contributed by atoms with Gasteiger partial charge in [-0.1, -0.05) is 6.07 Å². The first-order valence-corrected chi connectivity index (χ1v) is 8.59. The van der Waals surface area contributed by atoms with Gasteiger partial charge < -0.3 is 10.1 Å². The molecule has 7 nitrogen and oxygen atoms in total. The monoisotopic (exact) mass is 350 g/mol. The van der Waals surface area contributed by atoms with Gasteiger partial charge in [0.2, 0.25) is 0 Å².